The van der Waals surface area contributed by atoms with Gasteiger partial charge in [-0.3, -0.25) is 4.79 Å². The summed E-state index contributed by atoms with van der Waals surface area (Å²) in [7, 11) is 1.18. The molecule has 0 spiro atoms. The van der Waals surface area contributed by atoms with Crippen molar-refractivity contribution in [2.45, 2.75) is 36.8 Å². The highest BCUT2D eigenvalue weighted by Gasteiger charge is 2.25. The summed E-state index contributed by atoms with van der Waals surface area (Å²) >= 11 is 0. The zero-order valence-corrected chi connectivity index (χ0v) is 12.9. The molecule has 0 bridgehead atoms. The van der Waals surface area contributed by atoms with E-state index in [1.54, 1.807) is 6.92 Å². The summed E-state index contributed by atoms with van der Waals surface area (Å²) in [5, 5.41) is 2.62. The molecule has 2 atom stereocenters. The van der Waals surface area contributed by atoms with Crippen molar-refractivity contribution >= 4 is 25.6 Å². The molecule has 0 aliphatic carbocycles. The molecule has 1 N–H and O–H groups in total. The normalized spacial score (nSPS) is 20.2. The van der Waals surface area contributed by atoms with Crippen LogP contribution in [0.1, 0.15) is 30.1 Å². The van der Waals surface area contributed by atoms with Gasteiger partial charge in [0.1, 0.15) is 5.82 Å². The Bertz CT molecular complexity index is 644. The molecule has 8 heteroatoms. The number of nitrogens with one attached hydrogen (secondary N) is 1. The number of hydrogen-bond donors (Lipinski definition) is 1. The maximum absolute atomic E-state index is 13.7. The molecule has 1 aliphatic rings. The standard InChI is InChI=1S/C13H15ClFNO4S/c1-8(12-3-2-6-20-12)16-13(17)10-7-9(21(14,18)19)4-5-11(10)15/h4-5,7-8,12H,2-3,6H2,1H3,(H,16,17). The van der Waals surface area contributed by atoms with Crippen LogP contribution >= 0.6 is 10.7 Å². The highest BCUT2D eigenvalue weighted by molar-refractivity contribution is 8.13. The van der Waals surface area contributed by atoms with Crippen molar-refractivity contribution < 1.29 is 22.3 Å². The SMILES string of the molecule is CC(NC(=O)c1cc(S(=O)(=O)Cl)ccc1F)C1CCCO1. The van der Waals surface area contributed by atoms with Crippen LogP contribution in [-0.4, -0.2) is 33.1 Å². The fourth-order valence-corrected chi connectivity index (χ4v) is 2.98. The predicted octanol–water partition coefficient (Wildman–Crippen LogP) is 2.05. The lowest BCUT2D eigenvalue weighted by Crippen LogP contribution is -2.41. The van der Waals surface area contributed by atoms with Crippen molar-refractivity contribution in [2.24, 2.45) is 0 Å². The van der Waals surface area contributed by atoms with Crippen LogP contribution in [0.15, 0.2) is 23.1 Å². The summed E-state index contributed by atoms with van der Waals surface area (Å²) < 4.78 is 41.6. The largest absolute Gasteiger partial charge is 0.376 e. The third kappa shape index (κ3) is 3.93. The van der Waals surface area contributed by atoms with E-state index < -0.39 is 20.8 Å². The van der Waals surface area contributed by atoms with Gasteiger partial charge >= 0.3 is 0 Å². The fourth-order valence-electron chi connectivity index (χ4n) is 2.20. The van der Waals surface area contributed by atoms with Gasteiger partial charge in [0.2, 0.25) is 0 Å². The molecule has 5 nitrogen and oxygen atoms in total. The lowest BCUT2D eigenvalue weighted by Gasteiger charge is -2.20. The third-order valence-electron chi connectivity index (χ3n) is 3.35. The van der Waals surface area contributed by atoms with Gasteiger partial charge in [0.15, 0.2) is 0 Å². The topological polar surface area (TPSA) is 72.5 Å². The minimum Gasteiger partial charge on any atom is -0.376 e. The van der Waals surface area contributed by atoms with Crippen LogP contribution in [0.3, 0.4) is 0 Å². The fraction of sp³-hybridized carbons (Fsp3) is 0.462. The van der Waals surface area contributed by atoms with Crippen molar-refractivity contribution in [1.29, 1.82) is 0 Å². The lowest BCUT2D eigenvalue weighted by molar-refractivity contribution is 0.0710. The highest BCUT2D eigenvalue weighted by atomic mass is 35.7. The lowest BCUT2D eigenvalue weighted by atomic mass is 10.1. The molecule has 0 saturated carbocycles. The first kappa shape index (κ1) is 16.2. The summed E-state index contributed by atoms with van der Waals surface area (Å²) in [5.41, 5.74) is -0.360. The number of halogens is 2. The van der Waals surface area contributed by atoms with Crippen LogP contribution < -0.4 is 5.32 Å². The smallest absolute Gasteiger partial charge is 0.261 e. The van der Waals surface area contributed by atoms with Crippen molar-refractivity contribution in [3.63, 3.8) is 0 Å². The van der Waals surface area contributed by atoms with E-state index in [1.165, 1.54) is 0 Å². The molecular weight excluding hydrogens is 321 g/mol. The van der Waals surface area contributed by atoms with Crippen LogP contribution in [0.2, 0.25) is 0 Å². The van der Waals surface area contributed by atoms with Crippen molar-refractivity contribution in [2.75, 3.05) is 6.61 Å². The van der Waals surface area contributed by atoms with Gasteiger partial charge in [-0.1, -0.05) is 0 Å². The first-order chi connectivity index (χ1) is 9.79. The second kappa shape index (κ2) is 6.29. The molecule has 1 fully saturated rings. The van der Waals surface area contributed by atoms with Crippen molar-refractivity contribution in [3.8, 4) is 0 Å². The molecule has 0 radical (unpaired) electrons. The van der Waals surface area contributed by atoms with Gasteiger partial charge in [-0.25, -0.2) is 12.8 Å². The molecule has 0 aromatic heterocycles. The highest BCUT2D eigenvalue weighted by Crippen LogP contribution is 2.20. The third-order valence-corrected chi connectivity index (χ3v) is 4.70. The van der Waals surface area contributed by atoms with Crippen molar-refractivity contribution in [3.05, 3.63) is 29.6 Å². The predicted molar refractivity (Wildman–Crippen MR) is 75.3 cm³/mol. The summed E-state index contributed by atoms with van der Waals surface area (Å²) in [6.07, 6.45) is 1.62. The van der Waals surface area contributed by atoms with Crippen molar-refractivity contribution in [1.82, 2.24) is 5.32 Å². The molecule has 1 aromatic carbocycles. The Morgan fingerprint density at radius 1 is 1.52 bits per heavy atom. The van der Waals surface area contributed by atoms with E-state index in [0.717, 1.165) is 31.0 Å². The van der Waals surface area contributed by atoms with E-state index >= 15 is 0 Å². The van der Waals surface area contributed by atoms with Crippen LogP contribution in [0.4, 0.5) is 4.39 Å². The molecule has 1 aromatic rings. The number of rotatable bonds is 4. The van der Waals surface area contributed by atoms with Crippen LogP contribution in [0, 0.1) is 5.82 Å². The Kier molecular flexibility index (Phi) is 4.85. The maximum Gasteiger partial charge on any atom is 0.261 e. The quantitative estimate of drug-likeness (QED) is 0.855. The van der Waals surface area contributed by atoms with E-state index in [2.05, 4.69) is 5.32 Å². The second-order valence-corrected chi connectivity index (χ2v) is 7.46. The summed E-state index contributed by atoms with van der Waals surface area (Å²) in [4.78, 5) is 11.7. The maximum atomic E-state index is 13.7. The number of carbonyl (C=O) groups excluding carboxylic acids is 1. The first-order valence-electron chi connectivity index (χ1n) is 6.45. The Balaban J connectivity index is 2.18. The average Bonchev–Trinajstić information content (AvgIpc) is 2.91. The summed E-state index contributed by atoms with van der Waals surface area (Å²) in [6, 6.07) is 2.55. The number of ether oxygens (including phenoxy) is 1. The first-order valence-corrected chi connectivity index (χ1v) is 8.76. The molecular formula is C13H15ClFNO4S. The van der Waals surface area contributed by atoms with E-state index in [-0.39, 0.29) is 22.6 Å². The van der Waals surface area contributed by atoms with Gasteiger partial charge in [0, 0.05) is 17.3 Å². The van der Waals surface area contributed by atoms with Crippen LogP contribution in [0.25, 0.3) is 0 Å². The van der Waals surface area contributed by atoms with Gasteiger partial charge in [0.05, 0.1) is 22.6 Å². The molecule has 2 rings (SSSR count). The summed E-state index contributed by atoms with van der Waals surface area (Å²) in [5.74, 6) is -1.51. The van der Waals surface area contributed by atoms with Gasteiger partial charge in [-0.15, -0.1) is 0 Å². The van der Waals surface area contributed by atoms with Crippen LogP contribution in [-0.2, 0) is 13.8 Å². The Hall–Kier alpha value is -1.18. The molecule has 116 valence electrons. The van der Waals surface area contributed by atoms with Crippen LogP contribution in [0.5, 0.6) is 0 Å². The van der Waals surface area contributed by atoms with E-state index in [1.807, 2.05) is 0 Å². The zero-order valence-electron chi connectivity index (χ0n) is 11.3. The minimum absolute atomic E-state index is 0.114. The Morgan fingerprint density at radius 3 is 2.81 bits per heavy atom. The summed E-state index contributed by atoms with van der Waals surface area (Å²) in [6.45, 7) is 2.40. The molecule has 2 unspecified atom stereocenters. The number of benzene rings is 1. The van der Waals surface area contributed by atoms with Gasteiger partial charge < -0.3 is 10.1 Å². The Morgan fingerprint density at radius 2 is 2.24 bits per heavy atom. The van der Waals surface area contributed by atoms with E-state index in [9.17, 15) is 17.6 Å². The molecule has 1 saturated heterocycles. The second-order valence-electron chi connectivity index (χ2n) is 4.89. The van der Waals surface area contributed by atoms with E-state index in [0.29, 0.717) is 6.61 Å². The van der Waals surface area contributed by atoms with Gasteiger partial charge in [-0.05, 0) is 38.0 Å². The molecule has 1 amide bonds. The molecule has 1 aliphatic heterocycles. The number of amides is 1. The minimum atomic E-state index is -4.02. The van der Waals surface area contributed by atoms with Gasteiger partial charge in [0.25, 0.3) is 15.0 Å². The number of hydrogen-bond acceptors (Lipinski definition) is 4. The number of carbonyl (C=O) groups is 1. The molecule has 21 heavy (non-hydrogen) atoms. The Labute approximate surface area is 126 Å². The van der Waals surface area contributed by atoms with Gasteiger partial charge in [-0.2, -0.15) is 0 Å². The molecule has 1 heterocycles. The average molecular weight is 336 g/mol. The zero-order chi connectivity index (χ0) is 15.6. The monoisotopic (exact) mass is 335 g/mol. The van der Waals surface area contributed by atoms with E-state index in [4.69, 9.17) is 15.4 Å².